The SMILES string of the molecule is CN(CC(N)c1ccc(C(=O)Nc2ccncc2)cc1)C(=O)Cc1cccc(F)c1F. The molecule has 0 aliphatic rings. The zero-order valence-electron chi connectivity index (χ0n) is 16.9. The highest BCUT2D eigenvalue weighted by Gasteiger charge is 2.18. The zero-order chi connectivity index (χ0) is 22.4. The maximum absolute atomic E-state index is 13.8. The number of pyridine rings is 1. The molecular weight excluding hydrogens is 402 g/mol. The Balaban J connectivity index is 1.58. The van der Waals surface area contributed by atoms with Crippen molar-refractivity contribution in [2.75, 3.05) is 18.9 Å². The Morgan fingerprint density at radius 2 is 1.74 bits per heavy atom. The van der Waals surface area contributed by atoms with Gasteiger partial charge in [0.05, 0.1) is 6.42 Å². The molecule has 1 heterocycles. The number of aromatic nitrogens is 1. The van der Waals surface area contributed by atoms with Gasteiger partial charge in [-0.3, -0.25) is 14.6 Å². The largest absolute Gasteiger partial charge is 0.344 e. The summed E-state index contributed by atoms with van der Waals surface area (Å²) in [4.78, 5) is 30.0. The van der Waals surface area contributed by atoms with Crippen LogP contribution in [0.15, 0.2) is 67.0 Å². The number of amides is 2. The van der Waals surface area contributed by atoms with Crippen molar-refractivity contribution < 1.29 is 18.4 Å². The number of hydrogen-bond donors (Lipinski definition) is 2. The molecule has 0 radical (unpaired) electrons. The van der Waals surface area contributed by atoms with Crippen LogP contribution in [-0.2, 0) is 11.2 Å². The second-order valence-electron chi connectivity index (χ2n) is 7.08. The second-order valence-corrected chi connectivity index (χ2v) is 7.08. The predicted octanol–water partition coefficient (Wildman–Crippen LogP) is 3.31. The molecule has 1 atom stereocenters. The number of benzene rings is 2. The standard InChI is InChI=1S/C23H22F2N4O2/c1-29(21(30)13-17-3-2-4-19(24)22(17)25)14-20(26)15-5-7-16(8-6-15)23(31)28-18-9-11-27-12-10-18/h2-12,20H,13-14,26H2,1H3,(H,27,28,31). The van der Waals surface area contributed by atoms with E-state index in [1.54, 1.807) is 55.8 Å². The third kappa shape index (κ3) is 5.70. The van der Waals surface area contributed by atoms with Crippen LogP contribution in [0.5, 0.6) is 0 Å². The Labute approximate surface area is 178 Å². The number of anilines is 1. The smallest absolute Gasteiger partial charge is 0.255 e. The van der Waals surface area contributed by atoms with Crippen LogP contribution in [0.3, 0.4) is 0 Å². The van der Waals surface area contributed by atoms with Gasteiger partial charge in [0, 0.05) is 48.8 Å². The lowest BCUT2D eigenvalue weighted by Crippen LogP contribution is -2.35. The molecule has 31 heavy (non-hydrogen) atoms. The number of nitrogens with one attached hydrogen (secondary N) is 1. The lowest BCUT2D eigenvalue weighted by Gasteiger charge is -2.22. The molecule has 1 aromatic heterocycles. The summed E-state index contributed by atoms with van der Waals surface area (Å²) >= 11 is 0. The molecule has 0 bridgehead atoms. The Morgan fingerprint density at radius 1 is 1.06 bits per heavy atom. The molecular formula is C23H22F2N4O2. The Kier molecular flexibility index (Phi) is 7.04. The molecule has 2 aromatic carbocycles. The van der Waals surface area contributed by atoms with Crippen LogP contribution >= 0.6 is 0 Å². The number of nitrogens with two attached hydrogens (primary N) is 1. The molecule has 3 aromatic rings. The van der Waals surface area contributed by atoms with E-state index in [2.05, 4.69) is 10.3 Å². The fourth-order valence-corrected chi connectivity index (χ4v) is 3.01. The number of rotatable bonds is 7. The fraction of sp³-hybridized carbons (Fsp3) is 0.174. The van der Waals surface area contributed by atoms with Crippen LogP contribution < -0.4 is 11.1 Å². The molecule has 0 aliphatic heterocycles. The molecule has 6 nitrogen and oxygen atoms in total. The highest BCUT2D eigenvalue weighted by molar-refractivity contribution is 6.04. The highest BCUT2D eigenvalue weighted by atomic mass is 19.2. The molecule has 2 amide bonds. The fourth-order valence-electron chi connectivity index (χ4n) is 3.01. The summed E-state index contributed by atoms with van der Waals surface area (Å²) in [5.41, 5.74) is 8.02. The molecule has 3 N–H and O–H groups in total. The van der Waals surface area contributed by atoms with Crippen molar-refractivity contribution in [2.45, 2.75) is 12.5 Å². The van der Waals surface area contributed by atoms with Crippen molar-refractivity contribution in [2.24, 2.45) is 5.73 Å². The van der Waals surface area contributed by atoms with Crippen molar-refractivity contribution in [1.82, 2.24) is 9.88 Å². The van der Waals surface area contributed by atoms with Crippen LogP contribution in [0, 0.1) is 11.6 Å². The van der Waals surface area contributed by atoms with E-state index >= 15 is 0 Å². The Hall–Kier alpha value is -3.65. The summed E-state index contributed by atoms with van der Waals surface area (Å²) in [6.45, 7) is 0.179. The molecule has 0 fully saturated rings. The number of carbonyl (C=O) groups is 2. The van der Waals surface area contributed by atoms with E-state index in [9.17, 15) is 18.4 Å². The summed E-state index contributed by atoms with van der Waals surface area (Å²) in [5.74, 6) is -2.66. The Bertz CT molecular complexity index is 1060. The van der Waals surface area contributed by atoms with Gasteiger partial charge >= 0.3 is 0 Å². The minimum atomic E-state index is -1.02. The molecule has 0 spiro atoms. The monoisotopic (exact) mass is 424 g/mol. The van der Waals surface area contributed by atoms with Crippen LogP contribution in [-0.4, -0.2) is 35.3 Å². The van der Waals surface area contributed by atoms with Crippen molar-refractivity contribution in [1.29, 1.82) is 0 Å². The van der Waals surface area contributed by atoms with Crippen molar-refractivity contribution in [3.63, 3.8) is 0 Å². The molecule has 1 unspecified atom stereocenters. The number of hydrogen-bond acceptors (Lipinski definition) is 4. The minimum absolute atomic E-state index is 0.00464. The van der Waals surface area contributed by atoms with E-state index in [0.29, 0.717) is 11.3 Å². The first-order valence-corrected chi connectivity index (χ1v) is 9.59. The average Bonchev–Trinajstić information content (AvgIpc) is 2.77. The zero-order valence-corrected chi connectivity index (χ0v) is 16.9. The van der Waals surface area contributed by atoms with Gasteiger partial charge in [-0.2, -0.15) is 0 Å². The predicted molar refractivity (Wildman–Crippen MR) is 113 cm³/mol. The molecule has 0 aliphatic carbocycles. The van der Waals surface area contributed by atoms with Gasteiger partial charge in [-0.15, -0.1) is 0 Å². The number of likely N-dealkylation sites (N-methyl/N-ethyl adjacent to an activating group) is 1. The van der Waals surface area contributed by atoms with Gasteiger partial charge in [-0.1, -0.05) is 24.3 Å². The van der Waals surface area contributed by atoms with Gasteiger partial charge in [0.15, 0.2) is 11.6 Å². The summed E-state index contributed by atoms with van der Waals surface area (Å²) in [6.07, 6.45) is 2.90. The van der Waals surface area contributed by atoms with E-state index in [-0.39, 0.29) is 30.3 Å². The average molecular weight is 424 g/mol. The van der Waals surface area contributed by atoms with Crippen molar-refractivity contribution >= 4 is 17.5 Å². The first-order chi connectivity index (χ1) is 14.8. The molecule has 3 rings (SSSR count). The van der Waals surface area contributed by atoms with Crippen LogP contribution in [0.1, 0.15) is 27.5 Å². The quantitative estimate of drug-likeness (QED) is 0.609. The second kappa shape index (κ2) is 9.90. The van der Waals surface area contributed by atoms with Gasteiger partial charge in [0.2, 0.25) is 5.91 Å². The van der Waals surface area contributed by atoms with Gasteiger partial charge in [0.25, 0.3) is 5.91 Å². The Morgan fingerprint density at radius 3 is 2.42 bits per heavy atom. The van der Waals surface area contributed by atoms with E-state index in [1.165, 1.54) is 17.0 Å². The van der Waals surface area contributed by atoms with Gasteiger partial charge < -0.3 is 16.0 Å². The molecule has 8 heteroatoms. The summed E-state index contributed by atoms with van der Waals surface area (Å²) in [6, 6.07) is 13.3. The van der Waals surface area contributed by atoms with Crippen molar-refractivity contribution in [3.8, 4) is 0 Å². The first-order valence-electron chi connectivity index (χ1n) is 9.59. The van der Waals surface area contributed by atoms with Crippen LogP contribution in [0.25, 0.3) is 0 Å². The lowest BCUT2D eigenvalue weighted by molar-refractivity contribution is -0.129. The summed E-state index contributed by atoms with van der Waals surface area (Å²) < 4.78 is 27.1. The van der Waals surface area contributed by atoms with E-state index in [0.717, 1.165) is 11.6 Å². The third-order valence-electron chi connectivity index (χ3n) is 4.81. The number of carbonyl (C=O) groups excluding carboxylic acids is 2. The van der Waals surface area contributed by atoms with Gasteiger partial charge in [-0.25, -0.2) is 8.78 Å². The van der Waals surface area contributed by atoms with E-state index in [4.69, 9.17) is 5.73 Å². The van der Waals surface area contributed by atoms with Crippen LogP contribution in [0.4, 0.5) is 14.5 Å². The van der Waals surface area contributed by atoms with E-state index in [1.807, 2.05) is 0 Å². The van der Waals surface area contributed by atoms with Crippen molar-refractivity contribution in [3.05, 3.63) is 95.3 Å². The summed E-state index contributed by atoms with van der Waals surface area (Å²) in [5, 5.41) is 2.77. The topological polar surface area (TPSA) is 88.3 Å². The first kappa shape index (κ1) is 22.0. The maximum Gasteiger partial charge on any atom is 0.255 e. The van der Waals surface area contributed by atoms with Gasteiger partial charge in [-0.05, 0) is 35.9 Å². The lowest BCUT2D eigenvalue weighted by atomic mass is 10.0. The molecule has 0 saturated heterocycles. The normalized spacial score (nSPS) is 11.6. The number of halogens is 2. The maximum atomic E-state index is 13.8. The van der Waals surface area contributed by atoms with Gasteiger partial charge in [0.1, 0.15) is 0 Å². The number of nitrogens with zero attached hydrogens (tertiary/aromatic N) is 2. The molecule has 0 saturated carbocycles. The highest BCUT2D eigenvalue weighted by Crippen LogP contribution is 2.16. The van der Waals surface area contributed by atoms with Crippen LogP contribution in [0.2, 0.25) is 0 Å². The molecule has 160 valence electrons. The van der Waals surface area contributed by atoms with E-state index < -0.39 is 17.7 Å². The third-order valence-corrected chi connectivity index (χ3v) is 4.81. The minimum Gasteiger partial charge on any atom is -0.344 e. The summed E-state index contributed by atoms with van der Waals surface area (Å²) in [7, 11) is 1.55.